The Morgan fingerprint density at radius 3 is 2.67 bits per heavy atom. The molecule has 0 aromatic heterocycles. The van der Waals surface area contributed by atoms with Crippen molar-refractivity contribution in [2.75, 3.05) is 19.0 Å². The van der Waals surface area contributed by atoms with Gasteiger partial charge in [0.1, 0.15) is 0 Å². The molecule has 0 atom stereocenters. The van der Waals surface area contributed by atoms with Crippen LogP contribution in [0.15, 0.2) is 0 Å². The smallest absolute Gasteiger partial charge is 0.223 e. The van der Waals surface area contributed by atoms with E-state index in [4.69, 9.17) is 11.6 Å². The average Bonchev–Trinajstić information content (AvgIpc) is 1.99. The first-order chi connectivity index (χ1) is 5.61. The van der Waals surface area contributed by atoms with Gasteiger partial charge in [-0.1, -0.05) is 6.92 Å². The molecule has 0 aliphatic carbocycles. The van der Waals surface area contributed by atoms with Crippen LogP contribution in [-0.2, 0) is 4.79 Å². The van der Waals surface area contributed by atoms with Crippen molar-refractivity contribution in [3.63, 3.8) is 0 Å². The number of nitrogens with zero attached hydrogens (tertiary/aromatic N) is 1. The second-order valence-electron chi connectivity index (χ2n) is 3.27. The number of carbonyl (C=O) groups excluding carboxylic acids is 1. The Hall–Kier alpha value is -0.280. The molecular weight excluding hydrogens is 178 g/mol. The van der Waals surface area contributed by atoms with Gasteiger partial charge in [0.15, 0.2) is 0 Å². The minimum Gasteiger partial charge on any atom is -0.386 e. The zero-order valence-electron chi connectivity index (χ0n) is 7.22. The van der Waals surface area contributed by atoms with Gasteiger partial charge in [-0.25, -0.2) is 0 Å². The van der Waals surface area contributed by atoms with Crippen LogP contribution in [0.25, 0.3) is 0 Å². The molecule has 1 aliphatic heterocycles. The highest BCUT2D eigenvalue weighted by molar-refractivity contribution is 6.18. The molecule has 0 unspecified atom stereocenters. The highest BCUT2D eigenvalue weighted by Gasteiger charge is 2.41. The van der Waals surface area contributed by atoms with Gasteiger partial charge < -0.3 is 10.0 Å². The Bertz CT molecular complexity index is 178. The zero-order valence-corrected chi connectivity index (χ0v) is 7.97. The van der Waals surface area contributed by atoms with Crippen LogP contribution in [0, 0.1) is 0 Å². The normalized spacial score (nSPS) is 20.4. The monoisotopic (exact) mass is 191 g/mol. The Balaban J connectivity index is 2.29. The summed E-state index contributed by atoms with van der Waals surface area (Å²) < 4.78 is 0. The molecule has 70 valence electrons. The molecule has 0 bridgehead atoms. The predicted octanol–water partition coefficient (Wildman–Crippen LogP) is 0.599. The van der Waals surface area contributed by atoms with Gasteiger partial charge in [-0.3, -0.25) is 4.79 Å². The van der Waals surface area contributed by atoms with Crippen LogP contribution in [0.4, 0.5) is 0 Å². The van der Waals surface area contributed by atoms with E-state index in [-0.39, 0.29) is 5.91 Å². The van der Waals surface area contributed by atoms with Crippen molar-refractivity contribution in [1.29, 1.82) is 0 Å². The maximum atomic E-state index is 11.2. The lowest BCUT2D eigenvalue weighted by atomic mass is 9.91. The van der Waals surface area contributed by atoms with Crippen LogP contribution in [0.2, 0.25) is 0 Å². The molecule has 1 heterocycles. The van der Waals surface area contributed by atoms with Crippen LogP contribution in [-0.4, -0.2) is 40.5 Å². The summed E-state index contributed by atoms with van der Waals surface area (Å²) in [7, 11) is 0. The SMILES string of the molecule is CCC1(O)CN(C(=O)CCCl)C1. The van der Waals surface area contributed by atoms with Gasteiger partial charge >= 0.3 is 0 Å². The first-order valence-electron chi connectivity index (χ1n) is 4.17. The highest BCUT2D eigenvalue weighted by Crippen LogP contribution is 2.24. The van der Waals surface area contributed by atoms with Gasteiger partial charge in [-0.2, -0.15) is 0 Å². The van der Waals surface area contributed by atoms with Crippen molar-refractivity contribution < 1.29 is 9.90 Å². The second kappa shape index (κ2) is 3.62. The largest absolute Gasteiger partial charge is 0.386 e. The molecule has 0 aromatic carbocycles. The quantitative estimate of drug-likeness (QED) is 0.664. The summed E-state index contributed by atoms with van der Waals surface area (Å²) >= 11 is 5.42. The number of hydrogen-bond donors (Lipinski definition) is 1. The topological polar surface area (TPSA) is 40.5 Å². The summed E-state index contributed by atoms with van der Waals surface area (Å²) in [5.41, 5.74) is -0.623. The standard InChI is InChI=1S/C8H14ClNO2/c1-2-8(12)5-10(6-8)7(11)3-4-9/h12H,2-6H2,1H3. The van der Waals surface area contributed by atoms with Crippen molar-refractivity contribution in [3.05, 3.63) is 0 Å². The van der Waals surface area contributed by atoms with Crippen molar-refractivity contribution in [1.82, 2.24) is 4.90 Å². The highest BCUT2D eigenvalue weighted by atomic mass is 35.5. The number of rotatable bonds is 3. The van der Waals surface area contributed by atoms with Gasteiger partial charge in [0, 0.05) is 12.3 Å². The fourth-order valence-electron chi connectivity index (χ4n) is 1.30. The molecule has 3 nitrogen and oxygen atoms in total. The molecule has 1 aliphatic rings. The van der Waals surface area contributed by atoms with Gasteiger partial charge in [0.05, 0.1) is 18.7 Å². The van der Waals surface area contributed by atoms with Gasteiger partial charge in [0.2, 0.25) is 5.91 Å². The van der Waals surface area contributed by atoms with Crippen molar-refractivity contribution in [2.24, 2.45) is 0 Å². The van der Waals surface area contributed by atoms with Crippen molar-refractivity contribution in [2.45, 2.75) is 25.4 Å². The number of hydrogen-bond acceptors (Lipinski definition) is 2. The number of β-amino-alcohol motifs (C(OH)–C–C–N with tert-alkyl or cyclic N) is 1. The van der Waals surface area contributed by atoms with Crippen LogP contribution < -0.4 is 0 Å². The van der Waals surface area contributed by atoms with E-state index < -0.39 is 5.60 Å². The summed E-state index contributed by atoms with van der Waals surface area (Å²) in [4.78, 5) is 12.8. The number of aliphatic hydroxyl groups is 1. The third kappa shape index (κ3) is 1.90. The Labute approximate surface area is 77.3 Å². The summed E-state index contributed by atoms with van der Waals surface area (Å²) in [6, 6.07) is 0. The Morgan fingerprint density at radius 1 is 1.67 bits per heavy atom. The predicted molar refractivity (Wildman–Crippen MR) is 47.2 cm³/mol. The molecule has 1 rings (SSSR count). The summed E-state index contributed by atoms with van der Waals surface area (Å²) in [6.45, 7) is 2.86. The molecule has 1 amide bonds. The van der Waals surface area contributed by atoms with Crippen LogP contribution in [0.5, 0.6) is 0 Å². The van der Waals surface area contributed by atoms with E-state index in [1.165, 1.54) is 0 Å². The second-order valence-corrected chi connectivity index (χ2v) is 3.64. The first-order valence-corrected chi connectivity index (χ1v) is 4.71. The Morgan fingerprint density at radius 2 is 2.25 bits per heavy atom. The molecule has 0 spiro atoms. The van der Waals surface area contributed by atoms with Gasteiger partial charge in [-0.05, 0) is 6.42 Å². The zero-order chi connectivity index (χ0) is 9.19. The van der Waals surface area contributed by atoms with E-state index >= 15 is 0 Å². The lowest BCUT2D eigenvalue weighted by Gasteiger charge is -2.46. The summed E-state index contributed by atoms with van der Waals surface area (Å²) in [5.74, 6) is 0.406. The maximum Gasteiger partial charge on any atom is 0.223 e. The summed E-state index contributed by atoms with van der Waals surface area (Å²) in [5, 5.41) is 9.58. The average molecular weight is 192 g/mol. The van der Waals surface area contributed by atoms with Crippen LogP contribution >= 0.6 is 11.6 Å². The third-order valence-electron chi connectivity index (χ3n) is 2.29. The van der Waals surface area contributed by atoms with E-state index in [0.717, 1.165) is 0 Å². The number of likely N-dealkylation sites (tertiary alicyclic amines) is 1. The molecule has 1 N–H and O–H groups in total. The minimum absolute atomic E-state index is 0.0446. The number of amides is 1. The fraction of sp³-hybridized carbons (Fsp3) is 0.875. The molecule has 12 heavy (non-hydrogen) atoms. The maximum absolute atomic E-state index is 11.2. The first kappa shape index (κ1) is 9.81. The van der Waals surface area contributed by atoms with E-state index in [9.17, 15) is 9.90 Å². The molecule has 4 heteroatoms. The van der Waals surface area contributed by atoms with E-state index in [2.05, 4.69) is 0 Å². The van der Waals surface area contributed by atoms with E-state index in [1.807, 2.05) is 6.92 Å². The van der Waals surface area contributed by atoms with E-state index in [1.54, 1.807) is 4.90 Å². The number of halogens is 1. The van der Waals surface area contributed by atoms with E-state index in [0.29, 0.717) is 31.8 Å². The van der Waals surface area contributed by atoms with Crippen LogP contribution in [0.3, 0.4) is 0 Å². The van der Waals surface area contributed by atoms with Gasteiger partial charge in [-0.15, -0.1) is 11.6 Å². The molecule has 1 saturated heterocycles. The molecule has 0 aromatic rings. The lowest BCUT2D eigenvalue weighted by Crippen LogP contribution is -2.63. The fourth-order valence-corrected chi connectivity index (χ4v) is 1.46. The number of carbonyl (C=O) groups is 1. The minimum atomic E-state index is -0.623. The Kier molecular flexibility index (Phi) is 2.96. The molecule has 0 saturated carbocycles. The lowest BCUT2D eigenvalue weighted by molar-refractivity contribution is -0.155. The van der Waals surface area contributed by atoms with Crippen molar-refractivity contribution >= 4 is 17.5 Å². The molecule has 1 fully saturated rings. The third-order valence-corrected chi connectivity index (χ3v) is 2.48. The van der Waals surface area contributed by atoms with Gasteiger partial charge in [0.25, 0.3) is 0 Å². The molecule has 0 radical (unpaired) electrons. The summed E-state index contributed by atoms with van der Waals surface area (Å²) in [6.07, 6.45) is 1.08. The van der Waals surface area contributed by atoms with Crippen LogP contribution in [0.1, 0.15) is 19.8 Å². The molecular formula is C8H14ClNO2. The number of alkyl halides is 1. The van der Waals surface area contributed by atoms with Crippen molar-refractivity contribution in [3.8, 4) is 0 Å².